The molecule has 47 heavy (non-hydrogen) atoms. The Hall–Kier alpha value is -5.88. The van der Waals surface area contributed by atoms with Crippen LogP contribution >= 0.6 is 0 Å². The lowest BCUT2D eigenvalue weighted by Crippen LogP contribution is -2.25. The average Bonchev–Trinajstić information content (AvgIpc) is 3.48. The highest BCUT2D eigenvalue weighted by atomic mass is 16.5. The predicted octanol–water partition coefficient (Wildman–Crippen LogP) is 8.28. The van der Waals surface area contributed by atoms with Crippen LogP contribution in [0.5, 0.6) is 5.75 Å². The summed E-state index contributed by atoms with van der Waals surface area (Å²) in [6.45, 7) is 2.15. The summed E-state index contributed by atoms with van der Waals surface area (Å²) in [6, 6.07) is 40.8. The number of rotatable bonds is 8. The predicted molar refractivity (Wildman–Crippen MR) is 187 cm³/mol. The SMILES string of the molecule is Cc1ccc(C(c2[nH]c3ccccc3c2CCOC(=O)c2ccc(-c3ccccc3)cc2)c2c(O)c3ccccc3n(C)c2=O)cc1. The van der Waals surface area contributed by atoms with E-state index in [-0.39, 0.29) is 17.9 Å². The Kier molecular flexibility index (Phi) is 7.92. The molecule has 0 amide bonds. The molecule has 2 aromatic heterocycles. The molecule has 0 aliphatic rings. The Balaban J connectivity index is 1.27. The van der Waals surface area contributed by atoms with Crippen LogP contribution < -0.4 is 5.56 Å². The largest absolute Gasteiger partial charge is 0.507 e. The molecule has 6 nitrogen and oxygen atoms in total. The zero-order chi connectivity index (χ0) is 32.5. The van der Waals surface area contributed by atoms with Crippen molar-refractivity contribution in [1.29, 1.82) is 0 Å². The van der Waals surface area contributed by atoms with E-state index in [1.54, 1.807) is 23.7 Å². The van der Waals surface area contributed by atoms with Gasteiger partial charge in [0.05, 0.1) is 29.2 Å². The van der Waals surface area contributed by atoms with Gasteiger partial charge in [0.25, 0.3) is 5.56 Å². The standard InChI is InChI=1S/C41H34N2O4/c1-26-16-18-29(19-17-26)36(37-39(44)33-13-7-9-15-35(33)43(2)40(37)45)38-32(31-12-6-8-14-34(31)42-38)24-25-47-41(46)30-22-20-28(21-23-30)27-10-4-3-5-11-27/h3-23,36,42,44H,24-25H2,1-2H3. The van der Waals surface area contributed by atoms with E-state index < -0.39 is 11.9 Å². The van der Waals surface area contributed by atoms with Crippen LogP contribution in [-0.2, 0) is 18.2 Å². The van der Waals surface area contributed by atoms with Crippen LogP contribution in [-0.4, -0.2) is 27.2 Å². The van der Waals surface area contributed by atoms with Gasteiger partial charge in [-0.2, -0.15) is 0 Å². The van der Waals surface area contributed by atoms with Crippen molar-refractivity contribution in [1.82, 2.24) is 9.55 Å². The number of benzene rings is 5. The smallest absolute Gasteiger partial charge is 0.338 e. The van der Waals surface area contributed by atoms with Gasteiger partial charge in [0, 0.05) is 35.5 Å². The average molecular weight is 619 g/mol. The molecule has 7 rings (SSSR count). The van der Waals surface area contributed by atoms with Crippen LogP contribution in [0.15, 0.2) is 132 Å². The lowest BCUT2D eigenvalue weighted by atomic mass is 9.85. The quantitative estimate of drug-likeness (QED) is 0.168. The summed E-state index contributed by atoms with van der Waals surface area (Å²) in [5, 5.41) is 13.3. The van der Waals surface area contributed by atoms with Gasteiger partial charge in [-0.1, -0.05) is 103 Å². The number of pyridine rings is 1. The van der Waals surface area contributed by atoms with Gasteiger partial charge in [-0.3, -0.25) is 4.79 Å². The number of carbonyl (C=O) groups is 1. The van der Waals surface area contributed by atoms with E-state index in [1.165, 1.54) is 0 Å². The van der Waals surface area contributed by atoms with Gasteiger partial charge in [0.1, 0.15) is 5.75 Å². The van der Waals surface area contributed by atoms with Crippen molar-refractivity contribution in [2.45, 2.75) is 19.3 Å². The van der Waals surface area contributed by atoms with Gasteiger partial charge in [-0.15, -0.1) is 0 Å². The first-order valence-corrected chi connectivity index (χ1v) is 15.7. The van der Waals surface area contributed by atoms with Crippen molar-refractivity contribution in [3.05, 3.63) is 171 Å². The second-order valence-electron chi connectivity index (χ2n) is 11.9. The molecule has 0 radical (unpaired) electrons. The summed E-state index contributed by atoms with van der Waals surface area (Å²) in [5.74, 6) is -1.05. The number of hydrogen-bond donors (Lipinski definition) is 2. The highest BCUT2D eigenvalue weighted by molar-refractivity contribution is 5.91. The van der Waals surface area contributed by atoms with Gasteiger partial charge in [0.15, 0.2) is 0 Å². The first-order valence-electron chi connectivity index (χ1n) is 15.7. The number of nitrogens with one attached hydrogen (secondary N) is 1. The molecule has 0 saturated carbocycles. The van der Waals surface area contributed by atoms with Crippen LogP contribution in [0.1, 0.15) is 44.2 Å². The summed E-state index contributed by atoms with van der Waals surface area (Å²) in [5.41, 5.74) is 7.80. The maximum atomic E-state index is 14.1. The molecule has 0 fully saturated rings. The molecule has 1 atom stereocenters. The number of aromatic hydroxyl groups is 1. The lowest BCUT2D eigenvalue weighted by Gasteiger charge is -2.22. The number of esters is 1. The van der Waals surface area contributed by atoms with Gasteiger partial charge in [-0.05, 0) is 59.5 Å². The van der Waals surface area contributed by atoms with E-state index in [4.69, 9.17) is 4.74 Å². The minimum Gasteiger partial charge on any atom is -0.507 e. The fraction of sp³-hybridized carbons (Fsp3) is 0.122. The van der Waals surface area contributed by atoms with Crippen molar-refractivity contribution < 1.29 is 14.6 Å². The number of nitrogens with zero attached hydrogens (tertiary/aromatic N) is 1. The Morgan fingerprint density at radius 2 is 1.43 bits per heavy atom. The third-order valence-electron chi connectivity index (χ3n) is 8.96. The topological polar surface area (TPSA) is 84.3 Å². The maximum Gasteiger partial charge on any atom is 0.338 e. The van der Waals surface area contributed by atoms with Crippen LogP contribution in [0.4, 0.5) is 0 Å². The molecule has 0 bridgehead atoms. The molecule has 0 aliphatic heterocycles. The summed E-state index contributed by atoms with van der Waals surface area (Å²) >= 11 is 0. The minimum absolute atomic E-state index is 0.0377. The van der Waals surface area contributed by atoms with Crippen LogP contribution in [0.3, 0.4) is 0 Å². The second-order valence-corrected chi connectivity index (χ2v) is 11.9. The van der Waals surface area contributed by atoms with Gasteiger partial charge >= 0.3 is 5.97 Å². The van der Waals surface area contributed by atoms with Crippen LogP contribution in [0.2, 0.25) is 0 Å². The van der Waals surface area contributed by atoms with Crippen molar-refractivity contribution in [3.63, 3.8) is 0 Å². The zero-order valence-corrected chi connectivity index (χ0v) is 26.2. The van der Waals surface area contributed by atoms with Gasteiger partial charge in [0.2, 0.25) is 0 Å². The number of carbonyl (C=O) groups excluding carboxylic acids is 1. The molecule has 0 aliphatic carbocycles. The number of hydrogen-bond acceptors (Lipinski definition) is 4. The molecule has 5 aromatic carbocycles. The number of aryl methyl sites for hydroxylation is 2. The third kappa shape index (κ3) is 5.59. The van der Waals surface area contributed by atoms with E-state index in [9.17, 15) is 14.7 Å². The molecule has 2 heterocycles. The highest BCUT2D eigenvalue weighted by Gasteiger charge is 2.30. The van der Waals surface area contributed by atoms with Crippen molar-refractivity contribution >= 4 is 27.8 Å². The molecule has 7 aromatic rings. The molecular weight excluding hydrogens is 584 g/mol. The zero-order valence-electron chi connectivity index (χ0n) is 26.2. The maximum absolute atomic E-state index is 14.1. The highest BCUT2D eigenvalue weighted by Crippen LogP contribution is 2.41. The first kappa shape index (κ1) is 29.8. The fourth-order valence-corrected chi connectivity index (χ4v) is 6.49. The Labute approximate surface area is 272 Å². The third-order valence-corrected chi connectivity index (χ3v) is 8.96. The summed E-state index contributed by atoms with van der Waals surface area (Å²) in [6.07, 6.45) is 0.407. The number of para-hydroxylation sites is 2. The second kappa shape index (κ2) is 12.5. The Morgan fingerprint density at radius 3 is 2.17 bits per heavy atom. The number of aromatic nitrogens is 2. The van der Waals surface area contributed by atoms with E-state index >= 15 is 0 Å². The van der Waals surface area contributed by atoms with Crippen molar-refractivity contribution in [2.24, 2.45) is 7.05 Å². The van der Waals surface area contributed by atoms with E-state index in [0.29, 0.717) is 28.5 Å². The van der Waals surface area contributed by atoms with Gasteiger partial charge < -0.3 is 19.4 Å². The molecule has 6 heteroatoms. The van der Waals surface area contributed by atoms with Crippen molar-refractivity contribution in [3.8, 4) is 16.9 Å². The fourth-order valence-electron chi connectivity index (χ4n) is 6.49. The number of ether oxygens (including phenoxy) is 1. The Morgan fingerprint density at radius 1 is 0.787 bits per heavy atom. The summed E-state index contributed by atoms with van der Waals surface area (Å²) in [4.78, 5) is 30.8. The normalized spacial score (nSPS) is 12.0. The van der Waals surface area contributed by atoms with E-state index in [2.05, 4.69) is 4.98 Å². The summed E-state index contributed by atoms with van der Waals surface area (Å²) in [7, 11) is 1.73. The molecule has 0 spiro atoms. The molecular formula is C41H34N2O4. The lowest BCUT2D eigenvalue weighted by molar-refractivity contribution is 0.0509. The molecule has 232 valence electrons. The first-order chi connectivity index (χ1) is 22.9. The van der Waals surface area contributed by atoms with Crippen LogP contribution in [0.25, 0.3) is 32.9 Å². The molecule has 2 N–H and O–H groups in total. The van der Waals surface area contributed by atoms with E-state index in [0.717, 1.165) is 44.4 Å². The van der Waals surface area contributed by atoms with Crippen molar-refractivity contribution in [2.75, 3.05) is 6.61 Å². The number of aromatic amines is 1. The summed E-state index contributed by atoms with van der Waals surface area (Å²) < 4.78 is 7.41. The van der Waals surface area contributed by atoms with Gasteiger partial charge in [-0.25, -0.2) is 4.79 Å². The number of fused-ring (bicyclic) bond motifs is 2. The van der Waals surface area contributed by atoms with Crippen LogP contribution in [0, 0.1) is 6.92 Å². The Bertz CT molecular complexity index is 2280. The minimum atomic E-state index is -0.609. The van der Waals surface area contributed by atoms with E-state index in [1.807, 2.05) is 122 Å². The molecule has 0 saturated heterocycles. The number of H-pyrrole nitrogens is 1. The molecule has 1 unspecified atom stereocenters. The monoisotopic (exact) mass is 618 g/mol.